The van der Waals surface area contributed by atoms with Crippen molar-refractivity contribution in [3.63, 3.8) is 0 Å². The predicted octanol–water partition coefficient (Wildman–Crippen LogP) is 3.92. The average molecular weight is 359 g/mol. The lowest BCUT2D eigenvalue weighted by Crippen LogP contribution is -2.45. The zero-order valence-electron chi connectivity index (χ0n) is 15.1. The second kappa shape index (κ2) is 9.37. The summed E-state index contributed by atoms with van der Waals surface area (Å²) in [5, 5.41) is 2.02. The fraction of sp³-hybridized carbons (Fsp3) is 0.400. The molecule has 0 saturated carbocycles. The molecule has 2 rings (SSSR count). The first-order valence-electron chi connectivity index (χ1n) is 8.62. The Labute approximate surface area is 154 Å². The number of benzene rings is 1. The molecule has 0 aliphatic carbocycles. The van der Waals surface area contributed by atoms with Gasteiger partial charge in [0.25, 0.3) is 0 Å². The molecule has 0 bridgehead atoms. The monoisotopic (exact) mass is 358 g/mol. The van der Waals surface area contributed by atoms with E-state index in [2.05, 4.69) is 0 Å². The van der Waals surface area contributed by atoms with Gasteiger partial charge in [0.05, 0.1) is 13.1 Å². The molecule has 5 heteroatoms. The van der Waals surface area contributed by atoms with Gasteiger partial charge in [-0.3, -0.25) is 9.59 Å². The molecule has 0 N–H and O–H groups in total. The molecule has 2 amide bonds. The van der Waals surface area contributed by atoms with Crippen LogP contribution in [0.2, 0.25) is 0 Å². The van der Waals surface area contributed by atoms with Gasteiger partial charge in [-0.25, -0.2) is 0 Å². The van der Waals surface area contributed by atoms with E-state index >= 15 is 0 Å². The molecule has 4 nitrogen and oxygen atoms in total. The summed E-state index contributed by atoms with van der Waals surface area (Å²) in [7, 11) is 0. The van der Waals surface area contributed by atoms with Crippen molar-refractivity contribution in [2.45, 2.75) is 46.3 Å². The normalized spacial score (nSPS) is 11.8. The molecule has 0 radical (unpaired) electrons. The van der Waals surface area contributed by atoms with Crippen molar-refractivity contribution in [1.82, 2.24) is 9.80 Å². The Bertz CT molecular complexity index is 670. The third kappa shape index (κ3) is 5.71. The zero-order chi connectivity index (χ0) is 18.2. The second-order valence-electron chi connectivity index (χ2n) is 6.22. The van der Waals surface area contributed by atoms with Gasteiger partial charge in [0, 0.05) is 24.4 Å². The van der Waals surface area contributed by atoms with Gasteiger partial charge in [0.15, 0.2) is 0 Å². The van der Waals surface area contributed by atoms with Crippen LogP contribution in [0.25, 0.3) is 0 Å². The number of amides is 2. The van der Waals surface area contributed by atoms with Crippen LogP contribution in [0.15, 0.2) is 47.8 Å². The molecule has 0 saturated heterocycles. The molecule has 1 aromatic heterocycles. The van der Waals surface area contributed by atoms with E-state index in [9.17, 15) is 9.59 Å². The largest absolute Gasteiger partial charge is 0.332 e. The first kappa shape index (κ1) is 19.2. The van der Waals surface area contributed by atoms with E-state index in [4.69, 9.17) is 0 Å². The first-order valence-corrected chi connectivity index (χ1v) is 9.50. The van der Waals surface area contributed by atoms with Gasteiger partial charge >= 0.3 is 0 Å². The van der Waals surface area contributed by atoms with Crippen LogP contribution in [0.4, 0.5) is 0 Å². The van der Waals surface area contributed by atoms with Crippen LogP contribution in [-0.2, 0) is 22.7 Å². The SMILES string of the molecule is CC[C@@H](C)N(CC(=O)N(Cc1ccccc1)Cc1cccs1)C(C)=O. The Kier molecular flexibility index (Phi) is 7.19. The van der Waals surface area contributed by atoms with Gasteiger partial charge in [-0.1, -0.05) is 43.3 Å². The predicted molar refractivity (Wildman–Crippen MR) is 102 cm³/mol. The van der Waals surface area contributed by atoms with Gasteiger partial charge in [0.2, 0.25) is 11.8 Å². The number of hydrogen-bond acceptors (Lipinski definition) is 3. The topological polar surface area (TPSA) is 40.6 Å². The minimum Gasteiger partial charge on any atom is -0.332 e. The molecule has 0 unspecified atom stereocenters. The van der Waals surface area contributed by atoms with Crippen molar-refractivity contribution >= 4 is 23.2 Å². The van der Waals surface area contributed by atoms with Gasteiger partial charge in [-0.15, -0.1) is 11.3 Å². The summed E-state index contributed by atoms with van der Waals surface area (Å²) in [6.45, 7) is 6.78. The van der Waals surface area contributed by atoms with E-state index in [0.29, 0.717) is 13.1 Å². The van der Waals surface area contributed by atoms with E-state index in [0.717, 1.165) is 16.9 Å². The number of thiophene rings is 1. The standard InChI is InChI=1S/C20H26N2O2S/c1-4-16(2)22(17(3)23)15-20(24)21(14-19-11-8-12-25-19)13-18-9-6-5-7-10-18/h5-12,16H,4,13-15H2,1-3H3/t16-/m1/s1. The molecule has 134 valence electrons. The van der Waals surface area contributed by atoms with E-state index in [1.165, 1.54) is 6.92 Å². The van der Waals surface area contributed by atoms with Gasteiger partial charge < -0.3 is 9.80 Å². The molecule has 25 heavy (non-hydrogen) atoms. The summed E-state index contributed by atoms with van der Waals surface area (Å²) in [5.41, 5.74) is 1.09. The van der Waals surface area contributed by atoms with Crippen LogP contribution in [0.3, 0.4) is 0 Å². The van der Waals surface area contributed by atoms with E-state index < -0.39 is 0 Å². The minimum absolute atomic E-state index is 0.0206. The van der Waals surface area contributed by atoms with Crippen molar-refractivity contribution in [3.05, 3.63) is 58.3 Å². The average Bonchev–Trinajstić information content (AvgIpc) is 3.12. The Morgan fingerprint density at radius 1 is 1.08 bits per heavy atom. The Hall–Kier alpha value is -2.14. The van der Waals surface area contributed by atoms with Crippen LogP contribution < -0.4 is 0 Å². The molecule has 1 heterocycles. The molecule has 0 aliphatic rings. The molecular formula is C20H26N2O2S. The van der Waals surface area contributed by atoms with Crippen molar-refractivity contribution in [3.8, 4) is 0 Å². The molecule has 0 spiro atoms. The number of hydrogen-bond donors (Lipinski definition) is 0. The lowest BCUT2D eigenvalue weighted by Gasteiger charge is -2.30. The van der Waals surface area contributed by atoms with Gasteiger partial charge in [-0.2, -0.15) is 0 Å². The maximum absolute atomic E-state index is 12.9. The molecule has 0 aliphatic heterocycles. The van der Waals surface area contributed by atoms with Crippen molar-refractivity contribution < 1.29 is 9.59 Å². The zero-order valence-corrected chi connectivity index (χ0v) is 16.0. The van der Waals surface area contributed by atoms with Gasteiger partial charge in [0.1, 0.15) is 0 Å². The van der Waals surface area contributed by atoms with Gasteiger partial charge in [-0.05, 0) is 30.4 Å². The summed E-state index contributed by atoms with van der Waals surface area (Å²) >= 11 is 1.64. The van der Waals surface area contributed by atoms with Crippen LogP contribution in [-0.4, -0.2) is 34.2 Å². The Morgan fingerprint density at radius 2 is 1.80 bits per heavy atom. The number of rotatable bonds is 8. The maximum Gasteiger partial charge on any atom is 0.242 e. The number of carbonyl (C=O) groups excluding carboxylic acids is 2. The van der Waals surface area contributed by atoms with E-state index in [1.54, 1.807) is 16.2 Å². The second-order valence-corrected chi connectivity index (χ2v) is 7.25. The molecule has 2 aromatic rings. The quantitative estimate of drug-likeness (QED) is 0.717. The van der Waals surface area contributed by atoms with Crippen LogP contribution in [0.1, 0.15) is 37.6 Å². The lowest BCUT2D eigenvalue weighted by atomic mass is 10.2. The summed E-state index contributed by atoms with van der Waals surface area (Å²) in [5.74, 6) is -0.0776. The van der Waals surface area contributed by atoms with Crippen molar-refractivity contribution in [2.75, 3.05) is 6.54 Å². The number of carbonyl (C=O) groups is 2. The highest BCUT2D eigenvalue weighted by atomic mass is 32.1. The third-order valence-corrected chi connectivity index (χ3v) is 5.19. The summed E-state index contributed by atoms with van der Waals surface area (Å²) < 4.78 is 0. The van der Waals surface area contributed by atoms with Crippen molar-refractivity contribution in [2.24, 2.45) is 0 Å². The highest BCUT2D eigenvalue weighted by Gasteiger charge is 2.23. The Balaban J connectivity index is 2.15. The summed E-state index contributed by atoms with van der Waals surface area (Å²) in [4.78, 5) is 29.5. The smallest absolute Gasteiger partial charge is 0.242 e. The Morgan fingerprint density at radius 3 is 2.36 bits per heavy atom. The highest BCUT2D eigenvalue weighted by Crippen LogP contribution is 2.16. The minimum atomic E-state index is -0.0570. The molecule has 0 fully saturated rings. The summed E-state index contributed by atoms with van der Waals surface area (Å²) in [6.07, 6.45) is 0.830. The fourth-order valence-corrected chi connectivity index (χ4v) is 3.39. The van der Waals surface area contributed by atoms with Crippen LogP contribution in [0, 0.1) is 0 Å². The first-order chi connectivity index (χ1) is 12.0. The highest BCUT2D eigenvalue weighted by molar-refractivity contribution is 7.09. The lowest BCUT2D eigenvalue weighted by molar-refractivity contribution is -0.141. The van der Waals surface area contributed by atoms with E-state index in [-0.39, 0.29) is 24.4 Å². The molecular weight excluding hydrogens is 332 g/mol. The van der Waals surface area contributed by atoms with Crippen molar-refractivity contribution in [1.29, 1.82) is 0 Å². The van der Waals surface area contributed by atoms with Crippen LogP contribution >= 0.6 is 11.3 Å². The fourth-order valence-electron chi connectivity index (χ4n) is 2.67. The third-order valence-electron chi connectivity index (χ3n) is 4.33. The molecule has 1 aromatic carbocycles. The summed E-state index contributed by atoms with van der Waals surface area (Å²) in [6, 6.07) is 14.0. The van der Waals surface area contributed by atoms with Crippen LogP contribution in [0.5, 0.6) is 0 Å². The number of nitrogens with zero attached hydrogens (tertiary/aromatic N) is 2. The maximum atomic E-state index is 12.9. The molecule has 1 atom stereocenters. The van der Waals surface area contributed by atoms with E-state index in [1.807, 2.05) is 66.6 Å².